The van der Waals surface area contributed by atoms with E-state index in [-0.39, 0.29) is 93.4 Å². The van der Waals surface area contributed by atoms with Crippen molar-refractivity contribution in [2.24, 2.45) is 5.73 Å². The molecule has 1 atom stereocenters. The van der Waals surface area contributed by atoms with Crippen LogP contribution in [0.1, 0.15) is 23.2 Å². The Bertz CT molecular complexity index is 717. The first-order chi connectivity index (χ1) is 10.7. The van der Waals surface area contributed by atoms with E-state index in [4.69, 9.17) is 5.73 Å². The third kappa shape index (κ3) is 4.36. The predicted octanol–water partition coefficient (Wildman–Crippen LogP) is -2.32. The molecule has 1 saturated heterocycles. The van der Waals surface area contributed by atoms with Gasteiger partial charge in [0.2, 0.25) is 11.8 Å². The van der Waals surface area contributed by atoms with Gasteiger partial charge in [0.05, 0.1) is 12.7 Å². The minimum Gasteiger partial charge on any atom is -0.343 e. The number of nitrogens with zero attached hydrogens (tertiary/aromatic N) is 2. The molecule has 0 spiro atoms. The number of benzene rings is 1. The molecule has 1 fully saturated rings. The zero-order valence-corrected chi connectivity index (χ0v) is 19.4. The van der Waals surface area contributed by atoms with Gasteiger partial charge in [-0.1, -0.05) is 5.39 Å². The van der Waals surface area contributed by atoms with Gasteiger partial charge in [0.1, 0.15) is 0 Å². The normalized spacial score (nSPS) is 16.9. The molecule has 0 saturated carbocycles. The van der Waals surface area contributed by atoms with Crippen molar-refractivity contribution in [2.45, 2.75) is 19.0 Å². The van der Waals surface area contributed by atoms with Crippen molar-refractivity contribution in [2.75, 3.05) is 13.1 Å². The number of nitrogens with one attached hydrogen (secondary N) is 1. The number of carbonyl (C=O) groups excluding carboxylic acids is 2. The van der Waals surface area contributed by atoms with Gasteiger partial charge < -0.3 is 20.9 Å². The Balaban J connectivity index is 0.00000192. The van der Waals surface area contributed by atoms with E-state index in [9.17, 15) is 9.59 Å². The maximum absolute atomic E-state index is 12.3. The second-order valence-corrected chi connectivity index (χ2v) is 5.28. The first-order valence-electron chi connectivity index (χ1n) is 7.25. The summed E-state index contributed by atoms with van der Waals surface area (Å²) in [5.74, 6) is -0.440. The summed E-state index contributed by atoms with van der Waals surface area (Å²) in [5.41, 5.74) is 7.05. The summed E-state index contributed by atoms with van der Waals surface area (Å²) in [6.07, 6.45) is 3.06. The molecule has 2 amide bonds. The molecule has 2 aromatic rings. The molecule has 0 aliphatic carbocycles. The van der Waals surface area contributed by atoms with Crippen LogP contribution < -0.4 is 79.9 Å². The molecule has 0 radical (unpaired) electrons. The van der Waals surface area contributed by atoms with Gasteiger partial charge in [0, 0.05) is 18.3 Å². The topological polar surface area (TPSA) is 88.3 Å². The van der Waals surface area contributed by atoms with Crippen LogP contribution in [0, 0.1) is 6.07 Å². The summed E-state index contributed by atoms with van der Waals surface area (Å²) in [6, 6.07) is 9.81. The van der Waals surface area contributed by atoms with Crippen LogP contribution in [0.3, 0.4) is 0 Å². The van der Waals surface area contributed by atoms with Crippen molar-refractivity contribution >= 4 is 22.7 Å². The fraction of sp³-hybridized carbons (Fsp3) is 0.312. The number of likely N-dealkylation sites (tertiary alicyclic amines) is 1. The molecule has 3 N–H and O–H groups in total. The Morgan fingerprint density at radius 3 is 3.00 bits per heavy atom. The van der Waals surface area contributed by atoms with E-state index in [1.807, 2.05) is 0 Å². The SMILES string of the molecule is N[C@@H]1CCCN1C(=O)CNC(=O)c1ccnc2c[c-]ccc12.[Cs+]. The van der Waals surface area contributed by atoms with Crippen molar-refractivity contribution in [3.8, 4) is 0 Å². The minimum atomic E-state index is -0.292. The Morgan fingerprint density at radius 2 is 2.26 bits per heavy atom. The number of rotatable bonds is 3. The maximum Gasteiger partial charge on any atom is 1.00 e. The third-order valence-corrected chi connectivity index (χ3v) is 3.85. The largest absolute Gasteiger partial charge is 1.00 e. The number of hydrogen-bond acceptors (Lipinski definition) is 4. The van der Waals surface area contributed by atoms with Crippen LogP contribution in [0.5, 0.6) is 0 Å². The standard InChI is InChI=1S/C16H17N4O2.Cs/c17-14-6-3-9-20(14)15(21)10-19-16(22)12-7-8-18-13-5-2-1-4-11(12)13;/h1,4-5,7-8,14H,3,6,9-10,17H2,(H,19,22);/q-1;+1/t14-;/m0./s1. The third-order valence-electron chi connectivity index (χ3n) is 3.85. The number of amides is 2. The number of hydrogen-bond donors (Lipinski definition) is 2. The zero-order chi connectivity index (χ0) is 15.5. The number of pyridine rings is 1. The predicted molar refractivity (Wildman–Crippen MR) is 81.8 cm³/mol. The molecular formula is C16H17CsN4O2. The number of carbonyl (C=O) groups is 2. The Labute approximate surface area is 193 Å². The molecule has 3 rings (SSSR count). The quantitative estimate of drug-likeness (QED) is 0.536. The number of fused-ring (bicyclic) bond motifs is 1. The van der Waals surface area contributed by atoms with Crippen LogP contribution in [0.15, 0.2) is 30.5 Å². The first kappa shape index (κ1) is 18.9. The van der Waals surface area contributed by atoms with Gasteiger partial charge in [-0.2, -0.15) is 24.3 Å². The molecule has 7 heteroatoms. The summed E-state index contributed by atoms with van der Waals surface area (Å²) in [5, 5.41) is 3.40. The van der Waals surface area contributed by atoms with E-state index < -0.39 is 0 Å². The molecule has 0 bridgehead atoms. The van der Waals surface area contributed by atoms with E-state index in [1.165, 1.54) is 0 Å². The van der Waals surface area contributed by atoms with Crippen molar-refractivity contribution in [1.82, 2.24) is 15.2 Å². The Hall–Kier alpha value is -0.418. The van der Waals surface area contributed by atoms with Crippen molar-refractivity contribution in [3.63, 3.8) is 0 Å². The molecule has 0 unspecified atom stereocenters. The van der Waals surface area contributed by atoms with Gasteiger partial charge >= 0.3 is 68.9 Å². The molecule has 1 aliphatic rings. The Morgan fingerprint density at radius 1 is 1.43 bits per heavy atom. The molecule has 23 heavy (non-hydrogen) atoms. The van der Waals surface area contributed by atoms with Crippen molar-refractivity contribution in [1.29, 1.82) is 0 Å². The molecular weight excluding hydrogens is 413 g/mol. The zero-order valence-electron chi connectivity index (χ0n) is 13.1. The van der Waals surface area contributed by atoms with Gasteiger partial charge in [-0.15, -0.1) is 0 Å². The van der Waals surface area contributed by atoms with Crippen LogP contribution in [-0.2, 0) is 4.79 Å². The van der Waals surface area contributed by atoms with Crippen LogP contribution in [0.25, 0.3) is 10.9 Å². The first-order valence-corrected chi connectivity index (χ1v) is 7.25. The fourth-order valence-corrected chi connectivity index (χ4v) is 2.69. The van der Waals surface area contributed by atoms with E-state index in [0.29, 0.717) is 17.6 Å². The van der Waals surface area contributed by atoms with Crippen molar-refractivity contribution in [3.05, 3.63) is 42.1 Å². The van der Waals surface area contributed by atoms with Gasteiger partial charge in [0.25, 0.3) is 0 Å². The summed E-state index contributed by atoms with van der Waals surface area (Å²) in [6.45, 7) is 0.610. The van der Waals surface area contributed by atoms with Crippen molar-refractivity contribution < 1.29 is 78.5 Å². The van der Waals surface area contributed by atoms with Gasteiger partial charge in [-0.05, 0) is 24.4 Å². The minimum absolute atomic E-state index is 0. The Kier molecular flexibility index (Phi) is 7.08. The summed E-state index contributed by atoms with van der Waals surface area (Å²) in [4.78, 5) is 30.2. The average Bonchev–Trinajstić information content (AvgIpc) is 2.98. The average molecular weight is 430 g/mol. The summed E-state index contributed by atoms with van der Waals surface area (Å²) < 4.78 is 0. The second-order valence-electron chi connectivity index (χ2n) is 5.28. The second kappa shape index (κ2) is 8.61. The van der Waals surface area contributed by atoms with Crippen LogP contribution >= 0.6 is 0 Å². The smallest absolute Gasteiger partial charge is 0.343 e. The monoisotopic (exact) mass is 430 g/mol. The van der Waals surface area contributed by atoms with Crippen LogP contribution in [-0.4, -0.2) is 41.0 Å². The molecule has 114 valence electrons. The molecule has 1 aromatic heterocycles. The van der Waals surface area contributed by atoms with Gasteiger partial charge in [0.15, 0.2) is 0 Å². The van der Waals surface area contributed by atoms with E-state index in [1.54, 1.807) is 35.4 Å². The van der Waals surface area contributed by atoms with Crippen LogP contribution in [0.4, 0.5) is 0 Å². The molecule has 6 nitrogen and oxygen atoms in total. The van der Waals surface area contributed by atoms with Gasteiger partial charge in [-0.3, -0.25) is 9.59 Å². The fourth-order valence-electron chi connectivity index (χ4n) is 2.69. The van der Waals surface area contributed by atoms with E-state index in [0.717, 1.165) is 18.2 Å². The van der Waals surface area contributed by atoms with E-state index >= 15 is 0 Å². The summed E-state index contributed by atoms with van der Waals surface area (Å²) in [7, 11) is 0. The molecule has 1 aliphatic heterocycles. The molecule has 2 heterocycles. The number of nitrogens with two attached hydrogens (primary N) is 1. The maximum atomic E-state index is 12.3. The van der Waals surface area contributed by atoms with E-state index in [2.05, 4.69) is 16.4 Å². The van der Waals surface area contributed by atoms with Gasteiger partial charge in [-0.25, -0.2) is 0 Å². The van der Waals surface area contributed by atoms with Crippen LogP contribution in [0.2, 0.25) is 0 Å². The number of aromatic nitrogens is 1. The molecule has 1 aromatic carbocycles. The summed E-state index contributed by atoms with van der Waals surface area (Å²) >= 11 is 0.